The Balaban J connectivity index is 1.60. The van der Waals surface area contributed by atoms with Crippen molar-refractivity contribution >= 4 is 45.0 Å². The van der Waals surface area contributed by atoms with Crippen molar-refractivity contribution in [3.8, 4) is 5.75 Å². The molecule has 0 radical (unpaired) electrons. The van der Waals surface area contributed by atoms with Crippen molar-refractivity contribution in [3.05, 3.63) is 62.1 Å². The minimum Gasteiger partial charge on any atom is -0.486 e. The molecule has 0 atom stereocenters. The lowest BCUT2D eigenvalue weighted by Gasteiger charge is -2.04. The summed E-state index contributed by atoms with van der Waals surface area (Å²) in [7, 11) is 0. The number of carbonyl (C=O) groups excluding carboxylic acids is 1. The van der Waals surface area contributed by atoms with Crippen molar-refractivity contribution < 1.29 is 13.9 Å². The molecule has 0 unspecified atom stereocenters. The van der Waals surface area contributed by atoms with Gasteiger partial charge in [-0.05, 0) is 72.8 Å². The molecule has 2 aromatic heterocycles. The van der Waals surface area contributed by atoms with Gasteiger partial charge in [0.25, 0.3) is 5.91 Å². The van der Waals surface area contributed by atoms with E-state index in [1.165, 1.54) is 11.3 Å². The molecular formula is C17H15IN2O3S. The largest absolute Gasteiger partial charge is 0.486 e. The van der Waals surface area contributed by atoms with E-state index in [0.29, 0.717) is 10.9 Å². The Morgan fingerprint density at radius 1 is 1.25 bits per heavy atom. The van der Waals surface area contributed by atoms with Crippen molar-refractivity contribution in [3.63, 3.8) is 0 Å². The van der Waals surface area contributed by atoms with Gasteiger partial charge in [0.05, 0.1) is 5.69 Å². The topological polar surface area (TPSA) is 64.4 Å². The summed E-state index contributed by atoms with van der Waals surface area (Å²) in [6.45, 7) is 4.15. The minimum atomic E-state index is -0.315. The van der Waals surface area contributed by atoms with Gasteiger partial charge in [-0.2, -0.15) is 0 Å². The van der Waals surface area contributed by atoms with Gasteiger partial charge in [0.15, 0.2) is 10.9 Å². The number of furan rings is 1. The lowest BCUT2D eigenvalue weighted by molar-refractivity contribution is 0.0992. The molecule has 124 valence electrons. The Labute approximate surface area is 157 Å². The number of halogens is 1. The maximum atomic E-state index is 12.2. The van der Waals surface area contributed by atoms with Crippen molar-refractivity contribution in [2.45, 2.75) is 20.5 Å². The van der Waals surface area contributed by atoms with Crippen LogP contribution in [-0.4, -0.2) is 10.9 Å². The Kier molecular flexibility index (Phi) is 5.20. The molecule has 5 nitrogen and oxygen atoms in total. The number of carbonyl (C=O) groups is 1. The maximum absolute atomic E-state index is 12.2. The molecule has 7 heteroatoms. The van der Waals surface area contributed by atoms with Gasteiger partial charge in [-0.15, -0.1) is 11.3 Å². The normalized spacial score (nSPS) is 10.6. The lowest BCUT2D eigenvalue weighted by atomic mass is 10.3. The fraction of sp³-hybridized carbons (Fsp3) is 0.176. The van der Waals surface area contributed by atoms with Crippen LogP contribution in [0.1, 0.15) is 26.9 Å². The van der Waals surface area contributed by atoms with E-state index < -0.39 is 0 Å². The molecule has 0 spiro atoms. The van der Waals surface area contributed by atoms with Crippen LogP contribution in [0.4, 0.5) is 5.13 Å². The van der Waals surface area contributed by atoms with Crippen LogP contribution in [0.2, 0.25) is 0 Å². The standard InChI is InChI=1S/C17H15IN2O3S/c1-10-11(2)24-17(19-10)20-16(21)15-8-7-14(23-15)9-22-13-5-3-12(18)4-6-13/h3-8H,9H2,1-2H3,(H,19,20,21). The molecule has 24 heavy (non-hydrogen) atoms. The number of amides is 1. The molecule has 0 saturated heterocycles. The van der Waals surface area contributed by atoms with E-state index in [1.807, 2.05) is 38.1 Å². The average Bonchev–Trinajstić information content (AvgIpc) is 3.14. The van der Waals surface area contributed by atoms with Crippen LogP contribution in [0.3, 0.4) is 0 Å². The van der Waals surface area contributed by atoms with Gasteiger partial charge in [-0.25, -0.2) is 4.98 Å². The Morgan fingerprint density at radius 3 is 2.67 bits per heavy atom. The fourth-order valence-corrected chi connectivity index (χ4v) is 3.12. The van der Waals surface area contributed by atoms with E-state index in [0.717, 1.165) is 19.9 Å². The minimum absolute atomic E-state index is 0.238. The van der Waals surface area contributed by atoms with Crippen molar-refractivity contribution in [1.29, 1.82) is 0 Å². The number of nitrogens with zero attached hydrogens (tertiary/aromatic N) is 1. The van der Waals surface area contributed by atoms with Crippen LogP contribution >= 0.6 is 33.9 Å². The summed E-state index contributed by atoms with van der Waals surface area (Å²) in [5.41, 5.74) is 0.918. The maximum Gasteiger partial charge on any atom is 0.293 e. The van der Waals surface area contributed by atoms with Gasteiger partial charge in [0.2, 0.25) is 0 Å². The van der Waals surface area contributed by atoms with Crippen LogP contribution in [0.5, 0.6) is 5.75 Å². The second-order valence-electron chi connectivity index (χ2n) is 5.12. The highest BCUT2D eigenvalue weighted by Gasteiger charge is 2.14. The first-order valence-corrected chi connectivity index (χ1v) is 9.13. The molecule has 0 saturated carbocycles. The fourth-order valence-electron chi connectivity index (χ4n) is 1.95. The first-order valence-electron chi connectivity index (χ1n) is 7.24. The molecule has 2 heterocycles. The monoisotopic (exact) mass is 454 g/mol. The SMILES string of the molecule is Cc1nc(NC(=O)c2ccc(COc3ccc(I)cc3)o2)sc1C. The van der Waals surface area contributed by atoms with Crippen LogP contribution < -0.4 is 10.1 Å². The third kappa shape index (κ3) is 4.15. The summed E-state index contributed by atoms with van der Waals surface area (Å²) in [6, 6.07) is 11.1. The average molecular weight is 454 g/mol. The number of benzene rings is 1. The summed E-state index contributed by atoms with van der Waals surface area (Å²) in [6.07, 6.45) is 0. The highest BCUT2D eigenvalue weighted by molar-refractivity contribution is 14.1. The van der Waals surface area contributed by atoms with Gasteiger partial charge in [-0.3, -0.25) is 10.1 Å². The van der Waals surface area contributed by atoms with Crippen LogP contribution in [-0.2, 0) is 6.61 Å². The summed E-state index contributed by atoms with van der Waals surface area (Å²) in [5.74, 6) is 1.27. The lowest BCUT2D eigenvalue weighted by Crippen LogP contribution is -2.10. The Bertz CT molecular complexity index is 836. The second-order valence-corrected chi connectivity index (χ2v) is 7.57. The Hall–Kier alpha value is -1.87. The number of hydrogen-bond acceptors (Lipinski definition) is 5. The zero-order chi connectivity index (χ0) is 17.1. The number of aryl methyl sites for hydroxylation is 2. The third-order valence-electron chi connectivity index (χ3n) is 3.33. The summed E-state index contributed by atoms with van der Waals surface area (Å²) in [4.78, 5) is 17.5. The van der Waals surface area contributed by atoms with E-state index in [2.05, 4.69) is 32.9 Å². The number of anilines is 1. The summed E-state index contributed by atoms with van der Waals surface area (Å²) < 4.78 is 12.3. The molecule has 0 fully saturated rings. The Morgan fingerprint density at radius 2 is 2.00 bits per heavy atom. The van der Waals surface area contributed by atoms with Gasteiger partial charge in [0.1, 0.15) is 18.1 Å². The zero-order valence-electron chi connectivity index (χ0n) is 13.1. The predicted molar refractivity (Wildman–Crippen MR) is 102 cm³/mol. The molecule has 3 rings (SSSR count). The first-order chi connectivity index (χ1) is 11.5. The quantitative estimate of drug-likeness (QED) is 0.564. The number of aromatic nitrogens is 1. The smallest absolute Gasteiger partial charge is 0.293 e. The molecule has 0 bridgehead atoms. The van der Waals surface area contributed by atoms with Crippen molar-refractivity contribution in [2.24, 2.45) is 0 Å². The zero-order valence-corrected chi connectivity index (χ0v) is 16.1. The van der Waals surface area contributed by atoms with E-state index in [4.69, 9.17) is 9.15 Å². The molecule has 1 N–H and O–H groups in total. The first kappa shape index (κ1) is 17.0. The second kappa shape index (κ2) is 7.35. The number of nitrogens with one attached hydrogen (secondary N) is 1. The molecule has 1 aromatic carbocycles. The third-order valence-corrected chi connectivity index (χ3v) is 5.04. The number of rotatable bonds is 5. The van der Waals surface area contributed by atoms with Crippen LogP contribution in [0, 0.1) is 17.4 Å². The molecular weight excluding hydrogens is 439 g/mol. The van der Waals surface area contributed by atoms with Gasteiger partial charge in [-0.1, -0.05) is 0 Å². The van der Waals surface area contributed by atoms with Crippen LogP contribution in [0.15, 0.2) is 40.8 Å². The highest BCUT2D eigenvalue weighted by atomic mass is 127. The summed E-state index contributed by atoms with van der Waals surface area (Å²) >= 11 is 3.68. The molecule has 0 aliphatic carbocycles. The molecule has 1 amide bonds. The van der Waals surface area contributed by atoms with E-state index in [9.17, 15) is 4.79 Å². The van der Waals surface area contributed by atoms with Crippen LogP contribution in [0.25, 0.3) is 0 Å². The summed E-state index contributed by atoms with van der Waals surface area (Å²) in [5, 5.41) is 3.32. The highest BCUT2D eigenvalue weighted by Crippen LogP contribution is 2.22. The molecule has 0 aliphatic rings. The van der Waals surface area contributed by atoms with E-state index >= 15 is 0 Å². The van der Waals surface area contributed by atoms with Crippen molar-refractivity contribution in [2.75, 3.05) is 5.32 Å². The van der Waals surface area contributed by atoms with Gasteiger partial charge < -0.3 is 9.15 Å². The van der Waals surface area contributed by atoms with Gasteiger partial charge >= 0.3 is 0 Å². The number of thiazole rings is 1. The predicted octanol–water partition coefficient (Wildman–Crippen LogP) is 4.79. The van der Waals surface area contributed by atoms with Gasteiger partial charge in [0, 0.05) is 8.45 Å². The number of ether oxygens (including phenoxy) is 1. The number of hydrogen-bond donors (Lipinski definition) is 1. The molecule has 3 aromatic rings. The van der Waals surface area contributed by atoms with Crippen molar-refractivity contribution in [1.82, 2.24) is 4.98 Å². The van der Waals surface area contributed by atoms with E-state index in [1.54, 1.807) is 12.1 Å². The molecule has 0 aliphatic heterocycles. The van der Waals surface area contributed by atoms with E-state index in [-0.39, 0.29) is 18.3 Å².